The summed E-state index contributed by atoms with van der Waals surface area (Å²) in [5, 5.41) is 14.2. The van der Waals surface area contributed by atoms with Crippen molar-refractivity contribution in [3.8, 4) is 0 Å². The Bertz CT molecular complexity index is 1190. The van der Waals surface area contributed by atoms with E-state index in [-0.39, 0.29) is 24.7 Å². The van der Waals surface area contributed by atoms with Crippen LogP contribution in [-0.2, 0) is 24.3 Å². The fraction of sp³-hybridized carbons (Fsp3) is 0.167. The Hall–Kier alpha value is -3.22. The maximum atomic E-state index is 13.2. The first-order valence-corrected chi connectivity index (χ1v) is 10.3. The molecule has 31 heavy (non-hydrogen) atoms. The van der Waals surface area contributed by atoms with Gasteiger partial charge in [0, 0.05) is 11.6 Å². The minimum atomic E-state index is -0.867. The molecule has 0 radical (unpaired) electrons. The van der Waals surface area contributed by atoms with Gasteiger partial charge in [-0.25, -0.2) is 9.37 Å². The molecule has 1 atom stereocenters. The monoisotopic (exact) mass is 437 g/mol. The van der Waals surface area contributed by atoms with Crippen LogP contribution in [0.2, 0.25) is 5.02 Å². The molecule has 7 heteroatoms. The van der Waals surface area contributed by atoms with Crippen molar-refractivity contribution in [2.24, 2.45) is 0 Å². The van der Waals surface area contributed by atoms with Crippen LogP contribution in [-0.4, -0.2) is 20.6 Å². The summed E-state index contributed by atoms with van der Waals surface area (Å²) in [7, 11) is 0. The largest absolute Gasteiger partial charge is 0.387 e. The number of carbonyl (C=O) groups is 1. The van der Waals surface area contributed by atoms with E-state index >= 15 is 0 Å². The number of nitrogens with zero attached hydrogens (tertiary/aromatic N) is 2. The Morgan fingerprint density at radius 2 is 1.77 bits per heavy atom. The first kappa shape index (κ1) is 21.0. The smallest absolute Gasteiger partial charge is 0.227 e. The number of aliphatic hydroxyl groups excluding tert-OH is 1. The zero-order chi connectivity index (χ0) is 21.8. The Labute approximate surface area is 184 Å². The molecule has 0 aliphatic rings. The van der Waals surface area contributed by atoms with Crippen molar-refractivity contribution >= 4 is 28.5 Å². The number of amides is 1. The number of halogens is 2. The van der Waals surface area contributed by atoms with Gasteiger partial charge >= 0.3 is 0 Å². The molecule has 1 amide bonds. The number of aliphatic hydroxyl groups is 1. The van der Waals surface area contributed by atoms with E-state index in [9.17, 15) is 14.3 Å². The summed E-state index contributed by atoms with van der Waals surface area (Å²) < 4.78 is 15.0. The number of imidazole rings is 1. The molecule has 4 rings (SSSR count). The second kappa shape index (κ2) is 9.29. The third kappa shape index (κ3) is 5.10. The van der Waals surface area contributed by atoms with E-state index in [1.54, 1.807) is 24.3 Å². The van der Waals surface area contributed by atoms with Crippen LogP contribution in [0.1, 0.15) is 23.1 Å². The van der Waals surface area contributed by atoms with Crippen LogP contribution < -0.4 is 5.32 Å². The molecule has 0 bridgehead atoms. The molecule has 3 aromatic carbocycles. The standard InChI is InChI=1S/C24H21ClFN3O2/c25-18-9-5-16(6-10-18)14-27-24(31)13-23-28-20-3-1-2-4-21(20)29(23)15-22(30)17-7-11-19(26)12-8-17/h1-12,22,30H,13-15H2,(H,27,31)/t22-/m1/s1. The molecule has 0 saturated heterocycles. The molecule has 158 valence electrons. The zero-order valence-corrected chi connectivity index (χ0v) is 17.4. The van der Waals surface area contributed by atoms with E-state index in [0.29, 0.717) is 23.0 Å². The summed E-state index contributed by atoms with van der Waals surface area (Å²) in [6.07, 6.45) is -0.799. The van der Waals surface area contributed by atoms with Gasteiger partial charge in [0.05, 0.1) is 30.1 Å². The SMILES string of the molecule is O=C(Cc1nc2ccccc2n1C[C@@H](O)c1ccc(F)cc1)NCc1ccc(Cl)cc1. The van der Waals surface area contributed by atoms with Crippen LogP contribution in [0.15, 0.2) is 72.8 Å². The van der Waals surface area contributed by atoms with Crippen molar-refractivity contribution in [1.29, 1.82) is 0 Å². The Morgan fingerprint density at radius 1 is 1.06 bits per heavy atom. The summed E-state index contributed by atoms with van der Waals surface area (Å²) in [6.45, 7) is 0.584. The molecule has 0 spiro atoms. The van der Waals surface area contributed by atoms with E-state index in [2.05, 4.69) is 10.3 Å². The number of carbonyl (C=O) groups excluding carboxylic acids is 1. The lowest BCUT2D eigenvalue weighted by Crippen LogP contribution is -2.26. The van der Waals surface area contributed by atoms with Gasteiger partial charge in [0.25, 0.3) is 0 Å². The van der Waals surface area contributed by atoms with E-state index in [1.807, 2.05) is 41.0 Å². The molecule has 2 N–H and O–H groups in total. The van der Waals surface area contributed by atoms with Gasteiger partial charge in [0.15, 0.2) is 0 Å². The molecule has 0 unspecified atom stereocenters. The molecule has 0 aliphatic heterocycles. The van der Waals surface area contributed by atoms with Gasteiger partial charge in [0.1, 0.15) is 11.6 Å². The average molecular weight is 438 g/mol. The van der Waals surface area contributed by atoms with Gasteiger partial charge < -0.3 is 15.0 Å². The lowest BCUT2D eigenvalue weighted by atomic mass is 10.1. The first-order chi connectivity index (χ1) is 15.0. The van der Waals surface area contributed by atoms with Crippen LogP contribution >= 0.6 is 11.6 Å². The van der Waals surface area contributed by atoms with E-state index < -0.39 is 6.10 Å². The number of hydrogen-bond acceptors (Lipinski definition) is 3. The van der Waals surface area contributed by atoms with Crippen LogP contribution in [0, 0.1) is 5.82 Å². The number of hydrogen-bond donors (Lipinski definition) is 2. The number of para-hydroxylation sites is 2. The molecular formula is C24H21ClFN3O2. The summed E-state index contributed by atoms with van der Waals surface area (Å²) in [6, 6.07) is 20.5. The highest BCUT2D eigenvalue weighted by Gasteiger charge is 2.17. The highest BCUT2D eigenvalue weighted by molar-refractivity contribution is 6.30. The number of nitrogens with one attached hydrogen (secondary N) is 1. The zero-order valence-electron chi connectivity index (χ0n) is 16.6. The van der Waals surface area contributed by atoms with Crippen molar-refractivity contribution in [2.75, 3.05) is 0 Å². The van der Waals surface area contributed by atoms with Crippen LogP contribution in [0.4, 0.5) is 4.39 Å². The number of rotatable bonds is 7. The molecule has 1 heterocycles. The average Bonchev–Trinajstić information content (AvgIpc) is 3.10. The maximum absolute atomic E-state index is 13.2. The maximum Gasteiger partial charge on any atom is 0.227 e. The normalized spacial score (nSPS) is 12.1. The second-order valence-electron chi connectivity index (χ2n) is 7.27. The molecule has 0 aliphatic carbocycles. The third-order valence-electron chi connectivity index (χ3n) is 5.07. The highest BCUT2D eigenvalue weighted by atomic mass is 35.5. The van der Waals surface area contributed by atoms with Gasteiger partial charge in [0.2, 0.25) is 5.91 Å². The fourth-order valence-corrected chi connectivity index (χ4v) is 3.56. The van der Waals surface area contributed by atoms with E-state index in [1.165, 1.54) is 12.1 Å². The molecule has 5 nitrogen and oxygen atoms in total. The predicted octanol–water partition coefficient (Wildman–Crippen LogP) is 4.42. The fourth-order valence-electron chi connectivity index (χ4n) is 3.44. The molecule has 0 fully saturated rings. The summed E-state index contributed by atoms with van der Waals surface area (Å²) in [5.41, 5.74) is 3.11. The van der Waals surface area contributed by atoms with Crippen LogP contribution in [0.3, 0.4) is 0 Å². The van der Waals surface area contributed by atoms with Gasteiger partial charge in [-0.3, -0.25) is 4.79 Å². The Morgan fingerprint density at radius 3 is 2.52 bits per heavy atom. The quantitative estimate of drug-likeness (QED) is 0.449. The van der Waals surface area contributed by atoms with E-state index in [4.69, 9.17) is 11.6 Å². The summed E-state index contributed by atoms with van der Waals surface area (Å²) >= 11 is 5.89. The van der Waals surface area contributed by atoms with Crippen molar-refractivity contribution < 1.29 is 14.3 Å². The number of benzene rings is 3. The third-order valence-corrected chi connectivity index (χ3v) is 5.32. The minimum Gasteiger partial charge on any atom is -0.387 e. The van der Waals surface area contributed by atoms with Crippen molar-refractivity contribution in [3.05, 3.63) is 101 Å². The van der Waals surface area contributed by atoms with Crippen molar-refractivity contribution in [3.63, 3.8) is 0 Å². The lowest BCUT2D eigenvalue weighted by Gasteiger charge is -2.15. The molecule has 4 aromatic rings. The summed E-state index contributed by atoms with van der Waals surface area (Å²) in [4.78, 5) is 17.2. The minimum absolute atomic E-state index is 0.0679. The topological polar surface area (TPSA) is 67.2 Å². The van der Waals surface area contributed by atoms with Gasteiger partial charge in [-0.1, -0.05) is 48.0 Å². The van der Waals surface area contributed by atoms with Crippen LogP contribution in [0.25, 0.3) is 11.0 Å². The van der Waals surface area contributed by atoms with E-state index in [0.717, 1.165) is 16.6 Å². The Balaban J connectivity index is 1.52. The first-order valence-electron chi connectivity index (χ1n) is 9.88. The van der Waals surface area contributed by atoms with Gasteiger partial charge in [-0.2, -0.15) is 0 Å². The molecule has 0 saturated carbocycles. The van der Waals surface area contributed by atoms with Crippen molar-refractivity contribution in [1.82, 2.24) is 14.9 Å². The summed E-state index contributed by atoms with van der Waals surface area (Å²) in [5.74, 6) is 0.0147. The lowest BCUT2D eigenvalue weighted by molar-refractivity contribution is -0.120. The van der Waals surface area contributed by atoms with Gasteiger partial charge in [-0.05, 0) is 47.5 Å². The highest BCUT2D eigenvalue weighted by Crippen LogP contribution is 2.22. The molecule has 1 aromatic heterocycles. The Kier molecular flexibility index (Phi) is 6.30. The predicted molar refractivity (Wildman–Crippen MR) is 118 cm³/mol. The second-order valence-corrected chi connectivity index (χ2v) is 7.71. The van der Waals surface area contributed by atoms with Crippen molar-refractivity contribution in [2.45, 2.75) is 25.6 Å². The molecular weight excluding hydrogens is 417 g/mol. The van der Waals surface area contributed by atoms with Gasteiger partial charge in [-0.15, -0.1) is 0 Å². The van der Waals surface area contributed by atoms with Crippen LogP contribution in [0.5, 0.6) is 0 Å². The number of fused-ring (bicyclic) bond motifs is 1. The number of aromatic nitrogens is 2.